The van der Waals surface area contributed by atoms with E-state index < -0.39 is 0 Å². The van der Waals surface area contributed by atoms with E-state index >= 15 is 0 Å². The van der Waals surface area contributed by atoms with Gasteiger partial charge in [0, 0.05) is 13.1 Å². The Bertz CT molecular complexity index is 392. The predicted molar refractivity (Wildman–Crippen MR) is 89.0 cm³/mol. The third kappa shape index (κ3) is 7.46. The average molecular weight is 274 g/mol. The minimum Gasteiger partial charge on any atom is -0.316 e. The molecule has 20 heavy (non-hydrogen) atoms. The molecule has 0 bridgehead atoms. The van der Waals surface area contributed by atoms with Crippen molar-refractivity contribution in [1.82, 2.24) is 10.2 Å². The minimum atomic E-state index is 0.723. The summed E-state index contributed by atoms with van der Waals surface area (Å²) in [6.45, 7) is 14.6. The van der Waals surface area contributed by atoms with Gasteiger partial charge in [-0.05, 0) is 50.5 Å². The molecule has 0 saturated heterocycles. The van der Waals surface area contributed by atoms with Crippen molar-refractivity contribution in [2.45, 2.75) is 33.7 Å². The van der Waals surface area contributed by atoms with Crippen LogP contribution in [0.2, 0.25) is 0 Å². The Morgan fingerprint density at radius 1 is 1.20 bits per heavy atom. The summed E-state index contributed by atoms with van der Waals surface area (Å²) in [5.74, 6) is 0.723. The molecule has 0 aliphatic heterocycles. The Morgan fingerprint density at radius 2 is 1.80 bits per heavy atom. The summed E-state index contributed by atoms with van der Waals surface area (Å²) in [5.41, 5.74) is 3.99. The first kappa shape index (κ1) is 16.9. The second kappa shape index (κ2) is 8.93. The largest absolute Gasteiger partial charge is 0.316 e. The predicted octanol–water partition coefficient (Wildman–Crippen LogP) is 3.48. The Hall–Kier alpha value is -1.12. The zero-order valence-corrected chi connectivity index (χ0v) is 13.6. The van der Waals surface area contributed by atoms with Crippen LogP contribution in [0.25, 0.3) is 0 Å². The van der Waals surface area contributed by atoms with Crippen LogP contribution in [0.5, 0.6) is 0 Å². The normalized spacial score (nSPS) is 11.3. The summed E-state index contributed by atoms with van der Waals surface area (Å²) in [6.07, 6.45) is 1.11. The van der Waals surface area contributed by atoms with E-state index in [4.69, 9.17) is 0 Å². The standard InChI is InChI=1S/C18H30N2/c1-15(2)12-19-11-10-17-6-8-18(9-7-17)14-20(5)13-16(3)4/h6-9,15,19H,3,10-14H2,1-2,4-5H3. The van der Waals surface area contributed by atoms with Crippen molar-refractivity contribution < 1.29 is 0 Å². The fourth-order valence-corrected chi connectivity index (χ4v) is 2.26. The van der Waals surface area contributed by atoms with E-state index in [1.165, 1.54) is 16.7 Å². The van der Waals surface area contributed by atoms with Gasteiger partial charge in [-0.1, -0.05) is 50.3 Å². The summed E-state index contributed by atoms with van der Waals surface area (Å²) in [6, 6.07) is 8.99. The number of nitrogens with one attached hydrogen (secondary N) is 1. The summed E-state index contributed by atoms with van der Waals surface area (Å²) in [5, 5.41) is 3.48. The van der Waals surface area contributed by atoms with E-state index in [1.54, 1.807) is 0 Å². The topological polar surface area (TPSA) is 15.3 Å². The lowest BCUT2D eigenvalue weighted by Gasteiger charge is -2.16. The molecule has 2 nitrogen and oxygen atoms in total. The molecule has 0 radical (unpaired) electrons. The maximum atomic E-state index is 3.96. The molecule has 0 aliphatic rings. The van der Waals surface area contributed by atoms with Crippen LogP contribution in [0.3, 0.4) is 0 Å². The summed E-state index contributed by atoms with van der Waals surface area (Å²) >= 11 is 0. The molecule has 0 aromatic heterocycles. The number of hydrogen-bond donors (Lipinski definition) is 1. The van der Waals surface area contributed by atoms with Crippen molar-refractivity contribution in [2.75, 3.05) is 26.7 Å². The zero-order valence-electron chi connectivity index (χ0n) is 13.6. The van der Waals surface area contributed by atoms with E-state index in [0.717, 1.165) is 38.5 Å². The van der Waals surface area contributed by atoms with Crippen molar-refractivity contribution in [3.63, 3.8) is 0 Å². The van der Waals surface area contributed by atoms with Gasteiger partial charge in [-0.2, -0.15) is 0 Å². The molecule has 0 atom stereocenters. The van der Waals surface area contributed by atoms with Crippen LogP contribution in [0.15, 0.2) is 36.4 Å². The molecule has 0 spiro atoms. The van der Waals surface area contributed by atoms with Gasteiger partial charge in [0.05, 0.1) is 0 Å². The second-order valence-corrected chi connectivity index (χ2v) is 6.29. The van der Waals surface area contributed by atoms with Crippen LogP contribution in [0, 0.1) is 5.92 Å². The highest BCUT2D eigenvalue weighted by Crippen LogP contribution is 2.08. The molecule has 0 saturated carbocycles. The highest BCUT2D eigenvalue weighted by atomic mass is 15.1. The van der Waals surface area contributed by atoms with Gasteiger partial charge in [0.15, 0.2) is 0 Å². The molecule has 112 valence electrons. The van der Waals surface area contributed by atoms with E-state index in [2.05, 4.69) is 68.9 Å². The summed E-state index contributed by atoms with van der Waals surface area (Å²) in [4.78, 5) is 2.29. The Labute approximate surface area is 124 Å². The highest BCUT2D eigenvalue weighted by Gasteiger charge is 2.01. The minimum absolute atomic E-state index is 0.723. The molecular weight excluding hydrogens is 244 g/mol. The quantitative estimate of drug-likeness (QED) is 0.548. The van der Waals surface area contributed by atoms with Crippen LogP contribution >= 0.6 is 0 Å². The van der Waals surface area contributed by atoms with Crippen molar-refractivity contribution in [3.05, 3.63) is 47.5 Å². The summed E-state index contributed by atoms with van der Waals surface area (Å²) in [7, 11) is 2.14. The molecule has 2 heteroatoms. The molecule has 0 fully saturated rings. The van der Waals surface area contributed by atoms with Gasteiger partial charge in [-0.15, -0.1) is 0 Å². The lowest BCUT2D eigenvalue weighted by molar-refractivity contribution is 0.355. The van der Waals surface area contributed by atoms with E-state index in [1.807, 2.05) is 0 Å². The molecule has 0 aliphatic carbocycles. The zero-order chi connectivity index (χ0) is 15.0. The van der Waals surface area contributed by atoms with Gasteiger partial charge >= 0.3 is 0 Å². The lowest BCUT2D eigenvalue weighted by Crippen LogP contribution is -2.22. The van der Waals surface area contributed by atoms with Crippen molar-refractivity contribution in [1.29, 1.82) is 0 Å². The van der Waals surface area contributed by atoms with E-state index in [0.29, 0.717) is 0 Å². The fourth-order valence-electron chi connectivity index (χ4n) is 2.26. The molecule has 1 aromatic carbocycles. The monoisotopic (exact) mass is 274 g/mol. The van der Waals surface area contributed by atoms with Gasteiger partial charge in [-0.3, -0.25) is 4.90 Å². The number of hydrogen-bond acceptors (Lipinski definition) is 2. The van der Waals surface area contributed by atoms with Crippen molar-refractivity contribution in [3.8, 4) is 0 Å². The first-order valence-electron chi connectivity index (χ1n) is 7.59. The van der Waals surface area contributed by atoms with Gasteiger partial charge in [0.25, 0.3) is 0 Å². The number of rotatable bonds is 9. The average Bonchev–Trinajstić information content (AvgIpc) is 2.35. The number of benzene rings is 1. The molecular formula is C18H30N2. The first-order chi connectivity index (χ1) is 9.47. The first-order valence-corrected chi connectivity index (χ1v) is 7.59. The van der Waals surface area contributed by atoms with Crippen LogP contribution in [0.4, 0.5) is 0 Å². The molecule has 0 amide bonds. The van der Waals surface area contributed by atoms with Crippen molar-refractivity contribution in [2.24, 2.45) is 5.92 Å². The summed E-state index contributed by atoms with van der Waals surface area (Å²) < 4.78 is 0. The van der Waals surface area contributed by atoms with Gasteiger partial charge in [0.2, 0.25) is 0 Å². The van der Waals surface area contributed by atoms with Crippen LogP contribution in [-0.4, -0.2) is 31.6 Å². The van der Waals surface area contributed by atoms with Gasteiger partial charge < -0.3 is 5.32 Å². The molecule has 1 aromatic rings. The third-order valence-electron chi connectivity index (χ3n) is 3.16. The Balaban J connectivity index is 2.34. The fraction of sp³-hybridized carbons (Fsp3) is 0.556. The number of likely N-dealkylation sites (N-methyl/N-ethyl adjacent to an activating group) is 1. The molecule has 1 N–H and O–H groups in total. The van der Waals surface area contributed by atoms with E-state index in [9.17, 15) is 0 Å². The number of nitrogens with zero attached hydrogens (tertiary/aromatic N) is 1. The van der Waals surface area contributed by atoms with E-state index in [-0.39, 0.29) is 0 Å². The SMILES string of the molecule is C=C(C)CN(C)Cc1ccc(CCNCC(C)C)cc1. The highest BCUT2D eigenvalue weighted by molar-refractivity contribution is 5.22. The van der Waals surface area contributed by atoms with Gasteiger partial charge in [0.1, 0.15) is 0 Å². The van der Waals surface area contributed by atoms with Crippen LogP contribution < -0.4 is 5.32 Å². The van der Waals surface area contributed by atoms with Gasteiger partial charge in [-0.25, -0.2) is 0 Å². The molecule has 0 heterocycles. The second-order valence-electron chi connectivity index (χ2n) is 6.29. The van der Waals surface area contributed by atoms with Crippen LogP contribution in [-0.2, 0) is 13.0 Å². The molecule has 0 unspecified atom stereocenters. The van der Waals surface area contributed by atoms with Crippen LogP contribution in [0.1, 0.15) is 31.9 Å². The lowest BCUT2D eigenvalue weighted by atomic mass is 10.1. The third-order valence-corrected chi connectivity index (χ3v) is 3.16. The smallest absolute Gasteiger partial charge is 0.0234 e. The Morgan fingerprint density at radius 3 is 2.35 bits per heavy atom. The molecule has 1 rings (SSSR count). The Kier molecular flexibility index (Phi) is 7.56. The maximum Gasteiger partial charge on any atom is 0.0234 e. The van der Waals surface area contributed by atoms with Crippen molar-refractivity contribution >= 4 is 0 Å². The maximum absolute atomic E-state index is 3.96.